The number of nitrogens with one attached hydrogen (secondary N) is 1. The SMILES string of the molecule is N=S(=O)([O-])Cc1noc2c1C=C[C+]=C2. The van der Waals surface area contributed by atoms with Crippen LogP contribution in [0.4, 0.5) is 0 Å². The highest BCUT2D eigenvalue weighted by Crippen LogP contribution is 2.22. The molecule has 0 fully saturated rings. The fourth-order valence-corrected chi connectivity index (χ4v) is 1.73. The quantitative estimate of drug-likeness (QED) is 0.742. The molecule has 72 valence electrons. The third-order valence-corrected chi connectivity index (χ3v) is 2.37. The van der Waals surface area contributed by atoms with Crippen LogP contribution in [0.2, 0.25) is 0 Å². The molecule has 0 amide bonds. The van der Waals surface area contributed by atoms with Gasteiger partial charge in [0.25, 0.3) is 5.76 Å². The molecule has 1 N–H and O–H groups in total. The van der Waals surface area contributed by atoms with Gasteiger partial charge in [-0.15, -0.1) is 0 Å². The van der Waals surface area contributed by atoms with Crippen molar-refractivity contribution in [3.05, 3.63) is 29.2 Å². The van der Waals surface area contributed by atoms with Crippen molar-refractivity contribution in [1.82, 2.24) is 5.16 Å². The zero-order valence-electron chi connectivity index (χ0n) is 7.02. The van der Waals surface area contributed by atoms with E-state index in [9.17, 15) is 8.76 Å². The Morgan fingerprint density at radius 3 is 3.21 bits per heavy atom. The van der Waals surface area contributed by atoms with E-state index in [4.69, 9.17) is 9.30 Å². The van der Waals surface area contributed by atoms with Crippen LogP contribution in [-0.4, -0.2) is 13.9 Å². The fourth-order valence-electron chi connectivity index (χ4n) is 1.17. The van der Waals surface area contributed by atoms with E-state index in [0.29, 0.717) is 11.3 Å². The van der Waals surface area contributed by atoms with E-state index in [1.807, 2.05) is 0 Å². The molecule has 14 heavy (non-hydrogen) atoms. The second-order valence-corrected chi connectivity index (χ2v) is 4.33. The summed E-state index contributed by atoms with van der Waals surface area (Å²) in [5.74, 6) is 0.0513. The lowest BCUT2D eigenvalue weighted by Gasteiger charge is -2.06. The number of aromatic nitrogens is 1. The van der Waals surface area contributed by atoms with Crippen molar-refractivity contribution >= 4 is 22.2 Å². The van der Waals surface area contributed by atoms with Crippen LogP contribution < -0.4 is 0 Å². The monoisotopic (exact) mass is 210 g/mol. The molecule has 0 saturated heterocycles. The van der Waals surface area contributed by atoms with Gasteiger partial charge in [-0.05, 0) is 10.0 Å². The number of fused-ring (bicyclic) bond motifs is 1. The van der Waals surface area contributed by atoms with E-state index >= 15 is 0 Å². The highest BCUT2D eigenvalue weighted by Gasteiger charge is 2.21. The average molecular weight is 210 g/mol. The van der Waals surface area contributed by atoms with Crippen LogP contribution in [0.1, 0.15) is 17.0 Å². The first-order valence-corrected chi connectivity index (χ1v) is 5.43. The maximum absolute atomic E-state index is 10.7. The molecule has 1 heterocycles. The molecule has 0 radical (unpaired) electrons. The van der Waals surface area contributed by atoms with Crippen molar-refractivity contribution in [3.63, 3.8) is 0 Å². The van der Waals surface area contributed by atoms with Gasteiger partial charge in [-0.25, -0.2) is 0 Å². The number of rotatable bonds is 2. The predicted molar refractivity (Wildman–Crippen MR) is 48.6 cm³/mol. The van der Waals surface area contributed by atoms with Gasteiger partial charge in [0.2, 0.25) is 0 Å². The van der Waals surface area contributed by atoms with Crippen LogP contribution in [0.15, 0.2) is 10.6 Å². The summed E-state index contributed by atoms with van der Waals surface area (Å²) in [5.41, 5.74) is 0.878. The second kappa shape index (κ2) is 3.02. The summed E-state index contributed by atoms with van der Waals surface area (Å²) in [5, 5.41) is 3.59. The lowest BCUT2D eigenvalue weighted by molar-refractivity contribution is 0.406. The van der Waals surface area contributed by atoms with Crippen molar-refractivity contribution in [2.75, 3.05) is 0 Å². The van der Waals surface area contributed by atoms with Gasteiger partial charge in [0.15, 0.2) is 11.6 Å². The molecular formula is C8H6N2O3S. The van der Waals surface area contributed by atoms with Crippen LogP contribution in [0.3, 0.4) is 0 Å². The van der Waals surface area contributed by atoms with E-state index in [1.54, 1.807) is 18.2 Å². The molecule has 1 unspecified atom stereocenters. The lowest BCUT2D eigenvalue weighted by atomic mass is 10.1. The Labute approximate surface area is 80.9 Å². The molecule has 1 aromatic heterocycles. The average Bonchev–Trinajstić information content (AvgIpc) is 2.47. The van der Waals surface area contributed by atoms with Crippen molar-refractivity contribution in [1.29, 1.82) is 4.78 Å². The molecule has 0 bridgehead atoms. The molecule has 1 aromatic rings. The summed E-state index contributed by atoms with van der Waals surface area (Å²) in [6, 6.07) is 0. The van der Waals surface area contributed by atoms with Gasteiger partial charge >= 0.3 is 0 Å². The molecule has 1 aliphatic carbocycles. The summed E-state index contributed by atoms with van der Waals surface area (Å²) in [6.07, 6.45) is 7.65. The molecule has 5 nitrogen and oxygen atoms in total. The summed E-state index contributed by atoms with van der Waals surface area (Å²) in [6.45, 7) is 0. The van der Waals surface area contributed by atoms with E-state index in [-0.39, 0.29) is 5.69 Å². The summed E-state index contributed by atoms with van der Waals surface area (Å²) in [7, 11) is -3.82. The smallest absolute Gasteiger partial charge is 0.282 e. The first-order chi connectivity index (χ1) is 6.56. The summed E-state index contributed by atoms with van der Waals surface area (Å²) in [4.78, 5) is 0. The highest BCUT2D eigenvalue weighted by molar-refractivity contribution is 7.85. The Balaban J connectivity index is 2.42. The molecule has 0 aliphatic heterocycles. The molecule has 1 atom stereocenters. The first-order valence-electron chi connectivity index (χ1n) is 3.78. The minimum atomic E-state index is -3.82. The van der Waals surface area contributed by atoms with Crippen LogP contribution in [0.5, 0.6) is 0 Å². The zero-order valence-corrected chi connectivity index (χ0v) is 7.84. The van der Waals surface area contributed by atoms with E-state index < -0.39 is 15.8 Å². The molecule has 0 aromatic carbocycles. The van der Waals surface area contributed by atoms with Crippen LogP contribution in [-0.2, 0) is 15.8 Å². The number of allylic oxidation sites excluding steroid dienone is 2. The first kappa shape index (κ1) is 9.08. The number of hydrogen-bond donors (Lipinski definition) is 1. The third kappa shape index (κ3) is 1.72. The Kier molecular flexibility index (Phi) is 1.96. The van der Waals surface area contributed by atoms with Crippen LogP contribution in [0, 0.1) is 10.9 Å². The van der Waals surface area contributed by atoms with Gasteiger partial charge in [0.05, 0.1) is 11.8 Å². The minimum Gasteiger partial charge on any atom is -0.764 e. The maximum Gasteiger partial charge on any atom is 0.282 e. The van der Waals surface area contributed by atoms with Gasteiger partial charge < -0.3 is 4.55 Å². The lowest BCUT2D eigenvalue weighted by Crippen LogP contribution is -2.02. The van der Waals surface area contributed by atoms with E-state index in [1.165, 1.54) is 0 Å². The fraction of sp³-hybridized carbons (Fsp3) is 0.125. The van der Waals surface area contributed by atoms with Gasteiger partial charge in [-0.1, -0.05) is 5.16 Å². The Morgan fingerprint density at radius 1 is 1.71 bits per heavy atom. The topological polar surface area (TPSA) is 90.0 Å². The van der Waals surface area contributed by atoms with Crippen molar-refractivity contribution in [3.8, 4) is 0 Å². The summed E-state index contributed by atoms with van der Waals surface area (Å²) < 4.78 is 33.1. The number of hydrogen-bond acceptors (Lipinski definition) is 5. The standard InChI is InChI=1S/C8H6N2O3S/c9-14(11,12)5-7-6-3-1-2-4-8(6)13-10-7/h1,3-4H,5H2,(H-,9,11,12). The van der Waals surface area contributed by atoms with Crippen LogP contribution in [0.25, 0.3) is 12.2 Å². The zero-order chi connectivity index (χ0) is 10.2. The highest BCUT2D eigenvalue weighted by atomic mass is 32.2. The molecule has 2 rings (SSSR count). The predicted octanol–water partition coefficient (Wildman–Crippen LogP) is 1.19. The Bertz CT molecular complexity index is 511. The minimum absolute atomic E-state index is 0.268. The molecule has 0 saturated carbocycles. The van der Waals surface area contributed by atoms with Crippen molar-refractivity contribution in [2.45, 2.75) is 5.75 Å². The summed E-state index contributed by atoms with van der Waals surface area (Å²) >= 11 is 0. The van der Waals surface area contributed by atoms with E-state index in [2.05, 4.69) is 11.2 Å². The molecular weight excluding hydrogens is 204 g/mol. The normalized spacial score (nSPS) is 17.2. The Hall–Kier alpha value is -1.49. The van der Waals surface area contributed by atoms with Crippen LogP contribution >= 0.6 is 0 Å². The van der Waals surface area contributed by atoms with Gasteiger partial charge in [-0.3, -0.25) is 13.5 Å². The Morgan fingerprint density at radius 2 is 2.50 bits per heavy atom. The third-order valence-electron chi connectivity index (χ3n) is 1.72. The number of nitrogens with zero attached hydrogens (tertiary/aromatic N) is 1. The van der Waals surface area contributed by atoms with Gasteiger partial charge in [0.1, 0.15) is 11.8 Å². The molecule has 0 spiro atoms. The van der Waals surface area contributed by atoms with Gasteiger partial charge in [-0.2, -0.15) is 0 Å². The largest absolute Gasteiger partial charge is 0.764 e. The van der Waals surface area contributed by atoms with Crippen molar-refractivity contribution < 1.29 is 13.3 Å². The van der Waals surface area contributed by atoms with Crippen molar-refractivity contribution in [2.24, 2.45) is 0 Å². The molecule has 6 heteroatoms. The van der Waals surface area contributed by atoms with E-state index in [0.717, 1.165) is 0 Å². The second-order valence-electron chi connectivity index (χ2n) is 2.81. The maximum atomic E-state index is 10.7. The molecule has 1 aliphatic rings. The van der Waals surface area contributed by atoms with Gasteiger partial charge in [0, 0.05) is 6.08 Å².